The third kappa shape index (κ3) is 2.96. The average Bonchev–Trinajstić information content (AvgIpc) is 2.42. The molecule has 0 atom stereocenters. The van der Waals surface area contributed by atoms with Gasteiger partial charge in [-0.05, 0) is 0 Å². The summed E-state index contributed by atoms with van der Waals surface area (Å²) in [5.41, 5.74) is 0. The molecule has 0 unspecified atom stereocenters. The average molecular weight is 174 g/mol. The van der Waals surface area contributed by atoms with E-state index in [4.69, 9.17) is 5.26 Å². The van der Waals surface area contributed by atoms with Crippen molar-refractivity contribution in [1.82, 2.24) is 5.32 Å². The molecule has 0 heterocycles. The number of rotatable bonds is 2. The van der Waals surface area contributed by atoms with E-state index in [1.807, 2.05) is 30.4 Å². The molecule has 0 aromatic rings. The van der Waals surface area contributed by atoms with Crippen molar-refractivity contribution in [3.8, 4) is 6.07 Å². The Morgan fingerprint density at radius 3 is 2.46 bits per heavy atom. The van der Waals surface area contributed by atoms with Crippen molar-refractivity contribution in [1.29, 1.82) is 5.26 Å². The Hall–Kier alpha value is -1.82. The lowest BCUT2D eigenvalue weighted by Crippen LogP contribution is -2.28. The van der Waals surface area contributed by atoms with Crippen molar-refractivity contribution >= 4 is 5.91 Å². The number of allylic oxidation sites excluding steroid dienone is 4. The van der Waals surface area contributed by atoms with Gasteiger partial charge in [-0.1, -0.05) is 36.5 Å². The topological polar surface area (TPSA) is 52.9 Å². The quantitative estimate of drug-likeness (QED) is 0.633. The molecule has 0 aromatic heterocycles. The van der Waals surface area contributed by atoms with Crippen LogP contribution in [0.5, 0.6) is 0 Å². The molecular formula is C10H10N2O. The number of hydrogen-bond donors (Lipinski definition) is 1. The zero-order valence-electron chi connectivity index (χ0n) is 7.10. The molecule has 0 fully saturated rings. The zero-order valence-corrected chi connectivity index (χ0v) is 7.10. The maximum atomic E-state index is 11.3. The van der Waals surface area contributed by atoms with Gasteiger partial charge in [-0.2, -0.15) is 5.26 Å². The van der Waals surface area contributed by atoms with Gasteiger partial charge in [0.25, 0.3) is 0 Å². The van der Waals surface area contributed by atoms with Gasteiger partial charge in [0, 0.05) is 0 Å². The van der Waals surface area contributed by atoms with Crippen molar-refractivity contribution in [3.05, 3.63) is 36.5 Å². The van der Waals surface area contributed by atoms with Crippen LogP contribution in [0.4, 0.5) is 0 Å². The van der Waals surface area contributed by atoms with E-state index in [9.17, 15) is 4.79 Å². The Morgan fingerprint density at radius 1 is 1.31 bits per heavy atom. The molecule has 1 amide bonds. The molecule has 0 aliphatic heterocycles. The van der Waals surface area contributed by atoms with E-state index in [1.165, 1.54) is 0 Å². The number of amides is 1. The van der Waals surface area contributed by atoms with Gasteiger partial charge in [0.2, 0.25) is 5.91 Å². The fraction of sp³-hybridized carbons (Fsp3) is 0.200. The Morgan fingerprint density at radius 2 is 1.92 bits per heavy atom. The molecular weight excluding hydrogens is 164 g/mol. The molecule has 13 heavy (non-hydrogen) atoms. The standard InChI is InChI=1S/C10H10N2O/c11-7-8-12-10(13)9-5-3-1-2-4-6-9/h1-6,9H,8H2,(H,12,13). The minimum Gasteiger partial charge on any atom is -0.342 e. The smallest absolute Gasteiger partial charge is 0.231 e. The molecule has 0 aromatic carbocycles. The Balaban J connectivity index is 2.52. The van der Waals surface area contributed by atoms with Gasteiger partial charge in [-0.3, -0.25) is 4.79 Å². The number of nitriles is 1. The number of carbonyl (C=O) groups excluding carboxylic acids is 1. The third-order valence-corrected chi connectivity index (χ3v) is 1.61. The zero-order chi connectivity index (χ0) is 9.52. The van der Waals surface area contributed by atoms with E-state index < -0.39 is 0 Å². The summed E-state index contributed by atoms with van der Waals surface area (Å²) in [5, 5.41) is 10.8. The van der Waals surface area contributed by atoms with Crippen molar-refractivity contribution in [2.75, 3.05) is 6.54 Å². The van der Waals surface area contributed by atoms with Crippen LogP contribution in [0.25, 0.3) is 0 Å². The molecule has 0 saturated carbocycles. The van der Waals surface area contributed by atoms with Crippen molar-refractivity contribution < 1.29 is 4.79 Å². The predicted molar refractivity (Wildman–Crippen MR) is 49.5 cm³/mol. The second kappa shape index (κ2) is 4.94. The SMILES string of the molecule is N#CCNC(=O)C1C=CC=CC=C1. The highest BCUT2D eigenvalue weighted by Gasteiger charge is 2.10. The predicted octanol–water partition coefficient (Wildman–Crippen LogP) is 0.925. The highest BCUT2D eigenvalue weighted by Crippen LogP contribution is 2.05. The number of hydrogen-bond acceptors (Lipinski definition) is 2. The van der Waals surface area contributed by atoms with Gasteiger partial charge in [-0.15, -0.1) is 0 Å². The van der Waals surface area contributed by atoms with Crippen LogP contribution in [0.15, 0.2) is 36.5 Å². The van der Waals surface area contributed by atoms with Gasteiger partial charge >= 0.3 is 0 Å². The minimum atomic E-state index is -0.261. The second-order valence-corrected chi connectivity index (χ2v) is 2.56. The highest BCUT2D eigenvalue weighted by molar-refractivity contribution is 5.82. The first-order valence-corrected chi connectivity index (χ1v) is 4.01. The summed E-state index contributed by atoms with van der Waals surface area (Å²) in [6, 6.07) is 1.86. The van der Waals surface area contributed by atoms with Crippen LogP contribution in [0.1, 0.15) is 0 Å². The molecule has 0 spiro atoms. The fourth-order valence-electron chi connectivity index (χ4n) is 0.979. The first kappa shape index (κ1) is 9.27. The largest absolute Gasteiger partial charge is 0.342 e. The van der Waals surface area contributed by atoms with Crippen LogP contribution in [0.2, 0.25) is 0 Å². The normalized spacial score (nSPS) is 15.0. The summed E-state index contributed by atoms with van der Waals surface area (Å²) < 4.78 is 0. The summed E-state index contributed by atoms with van der Waals surface area (Å²) in [4.78, 5) is 11.3. The minimum absolute atomic E-state index is 0.0600. The summed E-state index contributed by atoms with van der Waals surface area (Å²) in [6.45, 7) is 0.0600. The van der Waals surface area contributed by atoms with Crippen LogP contribution in [-0.4, -0.2) is 12.5 Å². The van der Waals surface area contributed by atoms with Crippen LogP contribution in [0.3, 0.4) is 0 Å². The van der Waals surface area contributed by atoms with E-state index >= 15 is 0 Å². The lowest BCUT2D eigenvalue weighted by Gasteiger charge is -2.05. The first-order chi connectivity index (χ1) is 6.34. The van der Waals surface area contributed by atoms with Crippen molar-refractivity contribution in [2.45, 2.75) is 0 Å². The van der Waals surface area contributed by atoms with E-state index in [0.29, 0.717) is 0 Å². The molecule has 1 N–H and O–H groups in total. The van der Waals surface area contributed by atoms with Gasteiger partial charge in [0.15, 0.2) is 0 Å². The number of carbonyl (C=O) groups is 1. The molecule has 3 nitrogen and oxygen atoms in total. The molecule has 1 rings (SSSR count). The van der Waals surface area contributed by atoms with Gasteiger partial charge in [0.1, 0.15) is 6.54 Å². The molecule has 3 heteroatoms. The molecule has 0 saturated heterocycles. The molecule has 0 radical (unpaired) electrons. The first-order valence-electron chi connectivity index (χ1n) is 4.01. The van der Waals surface area contributed by atoms with Crippen LogP contribution in [0, 0.1) is 17.2 Å². The fourth-order valence-corrected chi connectivity index (χ4v) is 0.979. The van der Waals surface area contributed by atoms with Crippen molar-refractivity contribution in [3.63, 3.8) is 0 Å². The number of nitrogens with zero attached hydrogens (tertiary/aromatic N) is 1. The van der Waals surface area contributed by atoms with Crippen molar-refractivity contribution in [2.24, 2.45) is 5.92 Å². The monoisotopic (exact) mass is 174 g/mol. The van der Waals surface area contributed by atoms with Crippen LogP contribution >= 0.6 is 0 Å². The van der Waals surface area contributed by atoms with Crippen LogP contribution < -0.4 is 5.32 Å². The van der Waals surface area contributed by atoms with Gasteiger partial charge in [0.05, 0.1) is 12.0 Å². The summed E-state index contributed by atoms with van der Waals surface area (Å²) in [5.74, 6) is -0.402. The number of nitrogens with one attached hydrogen (secondary N) is 1. The summed E-state index contributed by atoms with van der Waals surface area (Å²) >= 11 is 0. The third-order valence-electron chi connectivity index (χ3n) is 1.61. The highest BCUT2D eigenvalue weighted by atomic mass is 16.1. The second-order valence-electron chi connectivity index (χ2n) is 2.56. The maximum absolute atomic E-state index is 11.3. The Kier molecular flexibility index (Phi) is 3.52. The maximum Gasteiger partial charge on any atom is 0.231 e. The van der Waals surface area contributed by atoms with Gasteiger partial charge in [-0.25, -0.2) is 0 Å². The van der Waals surface area contributed by atoms with E-state index in [1.54, 1.807) is 12.2 Å². The Labute approximate surface area is 77.1 Å². The lowest BCUT2D eigenvalue weighted by molar-refractivity contribution is -0.122. The van der Waals surface area contributed by atoms with E-state index in [2.05, 4.69) is 5.32 Å². The van der Waals surface area contributed by atoms with Crippen LogP contribution in [-0.2, 0) is 4.79 Å². The molecule has 1 aliphatic rings. The van der Waals surface area contributed by atoms with Gasteiger partial charge < -0.3 is 5.32 Å². The Bertz CT molecular complexity index is 291. The lowest BCUT2D eigenvalue weighted by atomic mass is 10.1. The molecule has 1 aliphatic carbocycles. The summed E-state index contributed by atoms with van der Waals surface area (Å²) in [7, 11) is 0. The van der Waals surface area contributed by atoms with E-state index in [-0.39, 0.29) is 18.4 Å². The molecule has 0 bridgehead atoms. The summed E-state index contributed by atoms with van der Waals surface area (Å²) in [6.07, 6.45) is 10.9. The van der Waals surface area contributed by atoms with E-state index in [0.717, 1.165) is 0 Å². The molecule has 66 valence electrons.